The molecular formula is C17H20FNOS. The molecule has 1 aromatic heterocycles. The average molecular weight is 305 g/mol. The summed E-state index contributed by atoms with van der Waals surface area (Å²) >= 11 is 1.57. The molecule has 1 aliphatic heterocycles. The molecule has 2 nitrogen and oxygen atoms in total. The first-order chi connectivity index (χ1) is 10.2. The summed E-state index contributed by atoms with van der Waals surface area (Å²) < 4.78 is 19.5. The van der Waals surface area contributed by atoms with Crippen LogP contribution < -0.4 is 5.32 Å². The second-order valence-electron chi connectivity index (χ2n) is 5.55. The van der Waals surface area contributed by atoms with Crippen molar-refractivity contribution in [3.63, 3.8) is 0 Å². The Morgan fingerprint density at radius 2 is 2.29 bits per heavy atom. The number of rotatable bonds is 5. The van der Waals surface area contributed by atoms with Gasteiger partial charge >= 0.3 is 0 Å². The Morgan fingerprint density at radius 1 is 1.38 bits per heavy atom. The average Bonchev–Trinajstić information content (AvgIpc) is 3.13. The Hall–Kier alpha value is -1.23. The molecule has 2 heterocycles. The predicted molar refractivity (Wildman–Crippen MR) is 84.9 cm³/mol. The van der Waals surface area contributed by atoms with Gasteiger partial charge in [-0.25, -0.2) is 4.39 Å². The van der Waals surface area contributed by atoms with Crippen LogP contribution in [0, 0.1) is 11.7 Å². The van der Waals surface area contributed by atoms with Crippen molar-refractivity contribution in [3.8, 4) is 10.4 Å². The number of halogens is 1. The lowest BCUT2D eigenvalue weighted by Crippen LogP contribution is -2.26. The highest BCUT2D eigenvalue weighted by Gasteiger charge is 2.23. The number of hydrogen-bond donors (Lipinski definition) is 1. The molecule has 1 N–H and O–H groups in total. The molecule has 1 fully saturated rings. The summed E-state index contributed by atoms with van der Waals surface area (Å²) in [5.41, 5.74) is 1.81. The number of thiophene rings is 1. The minimum absolute atomic E-state index is 0.154. The van der Waals surface area contributed by atoms with Gasteiger partial charge in [0, 0.05) is 30.1 Å². The molecule has 112 valence electrons. The summed E-state index contributed by atoms with van der Waals surface area (Å²) in [5.74, 6) is 0.432. The van der Waals surface area contributed by atoms with Crippen molar-refractivity contribution < 1.29 is 9.13 Å². The van der Waals surface area contributed by atoms with E-state index in [-0.39, 0.29) is 5.82 Å². The van der Waals surface area contributed by atoms with Gasteiger partial charge in [0.25, 0.3) is 0 Å². The lowest BCUT2D eigenvalue weighted by atomic mass is 10.0. The van der Waals surface area contributed by atoms with Gasteiger partial charge in [-0.1, -0.05) is 12.1 Å². The molecule has 21 heavy (non-hydrogen) atoms. The monoisotopic (exact) mass is 305 g/mol. The zero-order valence-electron chi connectivity index (χ0n) is 12.1. The standard InChI is InChI=1S/C17H20FNOS/c1-12-14(6-7-20-12)11-19-10-13-4-5-16(18)15(9-13)17-3-2-8-21-17/h2-5,8-9,12,14,19H,6-7,10-11H2,1H3. The zero-order valence-corrected chi connectivity index (χ0v) is 13.0. The van der Waals surface area contributed by atoms with Crippen molar-refractivity contribution in [1.82, 2.24) is 5.32 Å². The van der Waals surface area contributed by atoms with Crippen molar-refractivity contribution in [2.45, 2.75) is 26.0 Å². The molecule has 0 radical (unpaired) electrons. The molecule has 2 atom stereocenters. The Kier molecular flexibility index (Phi) is 4.68. The van der Waals surface area contributed by atoms with E-state index in [9.17, 15) is 4.39 Å². The molecule has 1 aliphatic rings. The molecule has 0 spiro atoms. The third-order valence-corrected chi connectivity index (χ3v) is 4.99. The zero-order chi connectivity index (χ0) is 14.7. The summed E-state index contributed by atoms with van der Waals surface area (Å²) in [4.78, 5) is 0.979. The van der Waals surface area contributed by atoms with Gasteiger partial charge in [-0.15, -0.1) is 11.3 Å². The van der Waals surface area contributed by atoms with E-state index in [1.165, 1.54) is 0 Å². The Labute approximate surface area is 129 Å². The van der Waals surface area contributed by atoms with Gasteiger partial charge in [0.1, 0.15) is 5.82 Å². The third-order valence-electron chi connectivity index (χ3n) is 4.09. The lowest BCUT2D eigenvalue weighted by molar-refractivity contribution is 0.105. The van der Waals surface area contributed by atoms with Crippen LogP contribution in [0.2, 0.25) is 0 Å². The first-order valence-electron chi connectivity index (χ1n) is 7.38. The second-order valence-corrected chi connectivity index (χ2v) is 6.49. The highest BCUT2D eigenvalue weighted by molar-refractivity contribution is 7.13. The maximum absolute atomic E-state index is 13.9. The van der Waals surface area contributed by atoms with Crippen LogP contribution in [0.1, 0.15) is 18.9 Å². The van der Waals surface area contributed by atoms with E-state index < -0.39 is 0 Å². The van der Waals surface area contributed by atoms with E-state index in [2.05, 4.69) is 12.2 Å². The van der Waals surface area contributed by atoms with Gasteiger partial charge in [0.15, 0.2) is 0 Å². The molecule has 2 aromatic rings. The van der Waals surface area contributed by atoms with E-state index in [1.807, 2.05) is 29.6 Å². The van der Waals surface area contributed by atoms with Crippen LogP contribution in [0.3, 0.4) is 0 Å². The van der Waals surface area contributed by atoms with E-state index >= 15 is 0 Å². The largest absolute Gasteiger partial charge is 0.378 e. The molecule has 1 aromatic carbocycles. The van der Waals surface area contributed by atoms with Crippen LogP contribution in [0.25, 0.3) is 10.4 Å². The number of nitrogens with one attached hydrogen (secondary N) is 1. The fourth-order valence-corrected chi connectivity index (χ4v) is 3.49. The molecular weight excluding hydrogens is 285 g/mol. The lowest BCUT2D eigenvalue weighted by Gasteiger charge is -2.15. The van der Waals surface area contributed by atoms with Crippen LogP contribution in [0.15, 0.2) is 35.7 Å². The summed E-state index contributed by atoms with van der Waals surface area (Å²) in [5, 5.41) is 5.44. The van der Waals surface area contributed by atoms with Crippen molar-refractivity contribution >= 4 is 11.3 Å². The van der Waals surface area contributed by atoms with Gasteiger partial charge in [-0.2, -0.15) is 0 Å². The summed E-state index contributed by atoms with van der Waals surface area (Å²) in [6.07, 6.45) is 1.46. The van der Waals surface area contributed by atoms with Crippen molar-refractivity contribution in [2.75, 3.05) is 13.2 Å². The fourth-order valence-electron chi connectivity index (χ4n) is 2.75. The Bertz CT molecular complexity index is 584. The maximum atomic E-state index is 13.9. The van der Waals surface area contributed by atoms with Gasteiger partial charge in [-0.05, 0) is 48.4 Å². The first kappa shape index (κ1) is 14.7. The van der Waals surface area contributed by atoms with Crippen LogP contribution in [0.4, 0.5) is 4.39 Å². The number of benzene rings is 1. The topological polar surface area (TPSA) is 21.3 Å². The second kappa shape index (κ2) is 6.69. The van der Waals surface area contributed by atoms with E-state index in [1.54, 1.807) is 17.4 Å². The van der Waals surface area contributed by atoms with Crippen molar-refractivity contribution in [2.24, 2.45) is 5.92 Å². The molecule has 0 aliphatic carbocycles. The smallest absolute Gasteiger partial charge is 0.131 e. The van der Waals surface area contributed by atoms with Gasteiger partial charge in [0.2, 0.25) is 0 Å². The molecule has 1 saturated heterocycles. The van der Waals surface area contributed by atoms with Crippen molar-refractivity contribution in [3.05, 3.63) is 47.1 Å². The molecule has 0 bridgehead atoms. The van der Waals surface area contributed by atoms with Gasteiger partial charge in [-0.3, -0.25) is 0 Å². The summed E-state index contributed by atoms with van der Waals surface area (Å²) in [7, 11) is 0. The van der Waals surface area contributed by atoms with Crippen LogP contribution >= 0.6 is 11.3 Å². The fraction of sp³-hybridized carbons (Fsp3) is 0.412. The molecule has 0 amide bonds. The van der Waals surface area contributed by atoms with Gasteiger partial charge in [0.05, 0.1) is 6.10 Å². The molecule has 4 heteroatoms. The Balaban J connectivity index is 1.62. The first-order valence-corrected chi connectivity index (χ1v) is 8.26. The number of hydrogen-bond acceptors (Lipinski definition) is 3. The van der Waals surface area contributed by atoms with Crippen LogP contribution in [-0.2, 0) is 11.3 Å². The van der Waals surface area contributed by atoms with Crippen LogP contribution in [-0.4, -0.2) is 19.3 Å². The third kappa shape index (κ3) is 3.51. The molecule has 0 saturated carbocycles. The molecule has 3 rings (SSSR count). The maximum Gasteiger partial charge on any atom is 0.131 e. The predicted octanol–water partition coefficient (Wildman–Crippen LogP) is 4.07. The van der Waals surface area contributed by atoms with Gasteiger partial charge < -0.3 is 10.1 Å². The SMILES string of the molecule is CC1OCCC1CNCc1ccc(F)c(-c2cccs2)c1. The molecule has 2 unspecified atom stereocenters. The van der Waals surface area contributed by atoms with E-state index in [4.69, 9.17) is 4.74 Å². The summed E-state index contributed by atoms with van der Waals surface area (Å²) in [6, 6.07) is 9.27. The van der Waals surface area contributed by atoms with E-state index in [0.29, 0.717) is 17.6 Å². The Morgan fingerprint density at radius 3 is 3.00 bits per heavy atom. The highest BCUT2D eigenvalue weighted by atomic mass is 32.1. The quantitative estimate of drug-likeness (QED) is 0.899. The highest BCUT2D eigenvalue weighted by Crippen LogP contribution is 2.28. The van der Waals surface area contributed by atoms with Crippen LogP contribution in [0.5, 0.6) is 0 Å². The minimum Gasteiger partial charge on any atom is -0.378 e. The normalized spacial score (nSPS) is 21.8. The minimum atomic E-state index is -0.154. The summed E-state index contributed by atoms with van der Waals surface area (Å²) in [6.45, 7) is 4.72. The number of ether oxygens (including phenoxy) is 1. The van der Waals surface area contributed by atoms with Crippen molar-refractivity contribution in [1.29, 1.82) is 0 Å². The van der Waals surface area contributed by atoms with E-state index in [0.717, 1.165) is 36.6 Å².